The highest BCUT2D eigenvalue weighted by Crippen LogP contribution is 2.71. The Labute approximate surface area is 174 Å². The molecular formula is C24H54NP2+. The van der Waals surface area contributed by atoms with Crippen molar-refractivity contribution in [3.8, 4) is 0 Å². The highest BCUT2D eigenvalue weighted by molar-refractivity contribution is 7.82. The zero-order chi connectivity index (χ0) is 20.4. The third-order valence-electron chi connectivity index (χ3n) is 5.95. The summed E-state index contributed by atoms with van der Waals surface area (Å²) >= 11 is 0. The summed E-state index contributed by atoms with van der Waals surface area (Å²) in [6.45, 7) is 14.3. The highest BCUT2D eigenvalue weighted by Gasteiger charge is 2.38. The van der Waals surface area contributed by atoms with Gasteiger partial charge >= 0.3 is 0 Å². The molecule has 0 amide bonds. The SMILES string of the molecule is CCCCP(CCCC)(CCCC)=N[P+](CCCC)(CCCC)CCCC. The smallest absolute Gasteiger partial charge is 0.130 e. The van der Waals surface area contributed by atoms with Crippen molar-refractivity contribution >= 4 is 14.5 Å². The quantitative estimate of drug-likeness (QED) is 0.185. The lowest BCUT2D eigenvalue weighted by Gasteiger charge is -2.31. The van der Waals surface area contributed by atoms with Gasteiger partial charge in [-0.05, 0) is 57.0 Å². The lowest BCUT2D eigenvalue weighted by atomic mass is 10.4. The molecule has 0 bridgehead atoms. The first kappa shape index (κ1) is 27.7. The average Bonchev–Trinajstić information content (AvgIpc) is 2.70. The van der Waals surface area contributed by atoms with Crippen molar-refractivity contribution in [1.29, 1.82) is 0 Å². The Morgan fingerprint density at radius 3 is 1.04 bits per heavy atom. The predicted octanol–water partition coefficient (Wildman–Crippen LogP) is 9.92. The van der Waals surface area contributed by atoms with Gasteiger partial charge in [-0.15, -0.1) is 0 Å². The number of nitrogens with zero attached hydrogens (tertiary/aromatic N) is 1. The lowest BCUT2D eigenvalue weighted by molar-refractivity contribution is 0.830. The molecule has 0 aromatic heterocycles. The van der Waals surface area contributed by atoms with E-state index < -0.39 is 14.5 Å². The van der Waals surface area contributed by atoms with Crippen LogP contribution < -0.4 is 0 Å². The Balaban J connectivity index is 6.02. The summed E-state index contributed by atoms with van der Waals surface area (Å²) in [5, 5.41) is 0. The van der Waals surface area contributed by atoms with Crippen LogP contribution in [0.15, 0.2) is 4.52 Å². The second-order valence-electron chi connectivity index (χ2n) is 8.74. The molecule has 0 atom stereocenters. The molecule has 0 saturated heterocycles. The van der Waals surface area contributed by atoms with Crippen LogP contribution in [0.2, 0.25) is 0 Å². The van der Waals surface area contributed by atoms with E-state index >= 15 is 0 Å². The van der Waals surface area contributed by atoms with Crippen LogP contribution in [0.4, 0.5) is 0 Å². The van der Waals surface area contributed by atoms with Crippen molar-refractivity contribution < 1.29 is 0 Å². The Morgan fingerprint density at radius 2 is 0.778 bits per heavy atom. The van der Waals surface area contributed by atoms with Crippen molar-refractivity contribution in [2.45, 2.75) is 119 Å². The van der Waals surface area contributed by atoms with Gasteiger partial charge in [-0.3, -0.25) is 0 Å². The van der Waals surface area contributed by atoms with Crippen LogP contribution in [-0.2, 0) is 0 Å². The average molecular weight is 419 g/mol. The fraction of sp³-hybridized carbons (Fsp3) is 1.00. The number of hydrogen-bond donors (Lipinski definition) is 0. The Hall–Kier alpha value is 0.660. The summed E-state index contributed by atoms with van der Waals surface area (Å²) in [4.78, 5) is 0. The lowest BCUT2D eigenvalue weighted by Crippen LogP contribution is -2.10. The van der Waals surface area contributed by atoms with Gasteiger partial charge < -0.3 is 0 Å². The number of hydrogen-bond acceptors (Lipinski definition) is 1. The molecule has 0 aromatic carbocycles. The van der Waals surface area contributed by atoms with E-state index in [1.54, 1.807) is 0 Å². The molecule has 164 valence electrons. The maximum atomic E-state index is 6.19. The molecule has 0 unspecified atom stereocenters. The minimum Gasteiger partial charge on any atom is -0.151 e. The Morgan fingerprint density at radius 1 is 0.481 bits per heavy atom. The summed E-state index contributed by atoms with van der Waals surface area (Å²) in [5.74, 6) is 0. The van der Waals surface area contributed by atoms with Gasteiger partial charge in [0.1, 0.15) is 7.41 Å². The number of rotatable bonds is 19. The minimum atomic E-state index is -1.11. The Kier molecular flexibility index (Phi) is 17.9. The van der Waals surface area contributed by atoms with Crippen LogP contribution in [-0.4, -0.2) is 37.0 Å². The van der Waals surface area contributed by atoms with E-state index in [9.17, 15) is 0 Å². The summed E-state index contributed by atoms with van der Waals surface area (Å²) in [5.41, 5.74) is 0. The molecule has 0 fully saturated rings. The summed E-state index contributed by atoms with van der Waals surface area (Å²) < 4.78 is 6.19. The summed E-state index contributed by atoms with van der Waals surface area (Å²) in [6, 6.07) is 0. The molecule has 0 heterocycles. The molecular weight excluding hydrogens is 364 g/mol. The molecule has 0 aliphatic heterocycles. The standard InChI is InChI=1S/C24H54NP2/c1-7-13-19-26(20-14-8-2,21-15-9-3)25-27(22-16-10-4,23-17-11-5)24-18-12-6/h7-24H2,1-6H3/q+1. The van der Waals surface area contributed by atoms with E-state index in [0.717, 1.165) is 0 Å². The zero-order valence-electron chi connectivity index (χ0n) is 20.1. The molecule has 0 rings (SSSR count). The van der Waals surface area contributed by atoms with E-state index in [4.69, 9.17) is 4.52 Å². The van der Waals surface area contributed by atoms with Crippen molar-refractivity contribution in [3.63, 3.8) is 0 Å². The monoisotopic (exact) mass is 418 g/mol. The summed E-state index contributed by atoms with van der Waals surface area (Å²) in [6.07, 6.45) is 25.4. The van der Waals surface area contributed by atoms with Crippen LogP contribution >= 0.6 is 14.5 Å². The van der Waals surface area contributed by atoms with Crippen LogP contribution in [0.25, 0.3) is 0 Å². The van der Waals surface area contributed by atoms with Gasteiger partial charge in [-0.25, -0.2) is 0 Å². The molecule has 3 heteroatoms. The van der Waals surface area contributed by atoms with Gasteiger partial charge in [-0.1, -0.05) is 80.1 Å². The van der Waals surface area contributed by atoms with E-state index in [1.165, 1.54) is 114 Å². The first-order valence-electron chi connectivity index (χ1n) is 12.5. The zero-order valence-corrected chi connectivity index (χ0v) is 21.9. The van der Waals surface area contributed by atoms with Crippen LogP contribution in [0, 0.1) is 0 Å². The third-order valence-corrected chi connectivity index (χ3v) is 15.9. The van der Waals surface area contributed by atoms with Gasteiger partial charge in [0.25, 0.3) is 0 Å². The second kappa shape index (κ2) is 17.5. The molecule has 0 N–H and O–H groups in total. The van der Waals surface area contributed by atoms with Gasteiger partial charge in [0, 0.05) is 7.05 Å². The van der Waals surface area contributed by atoms with Crippen molar-refractivity contribution in [3.05, 3.63) is 0 Å². The van der Waals surface area contributed by atoms with Gasteiger partial charge in [0.15, 0.2) is 0 Å². The van der Waals surface area contributed by atoms with Crippen LogP contribution in [0.1, 0.15) is 119 Å². The first-order valence-corrected chi connectivity index (χ1v) is 17.1. The van der Waals surface area contributed by atoms with E-state index in [2.05, 4.69) is 41.5 Å². The predicted molar refractivity (Wildman–Crippen MR) is 135 cm³/mol. The van der Waals surface area contributed by atoms with Gasteiger partial charge in [0.05, 0.1) is 18.5 Å². The number of unbranched alkanes of at least 4 members (excludes halogenated alkanes) is 6. The molecule has 0 radical (unpaired) electrons. The topological polar surface area (TPSA) is 12.4 Å². The molecule has 0 aliphatic rings. The van der Waals surface area contributed by atoms with Crippen LogP contribution in [0.5, 0.6) is 0 Å². The van der Waals surface area contributed by atoms with E-state index in [1.807, 2.05) is 0 Å². The van der Waals surface area contributed by atoms with Crippen molar-refractivity contribution in [2.75, 3.05) is 37.0 Å². The molecule has 0 spiro atoms. The van der Waals surface area contributed by atoms with Crippen molar-refractivity contribution in [2.24, 2.45) is 4.52 Å². The van der Waals surface area contributed by atoms with E-state index in [-0.39, 0.29) is 0 Å². The maximum absolute atomic E-state index is 6.19. The second-order valence-corrected chi connectivity index (χ2v) is 16.5. The fourth-order valence-electron chi connectivity index (χ4n) is 4.06. The maximum Gasteiger partial charge on any atom is 0.130 e. The van der Waals surface area contributed by atoms with Crippen LogP contribution in [0.3, 0.4) is 0 Å². The minimum absolute atomic E-state index is 1.11. The highest BCUT2D eigenvalue weighted by atomic mass is 31.2. The molecule has 0 aromatic rings. The third kappa shape index (κ3) is 12.1. The fourth-order valence-corrected chi connectivity index (χ4v) is 16.2. The molecule has 0 saturated carbocycles. The molecule has 1 nitrogen and oxygen atoms in total. The normalized spacial score (nSPS) is 12.5. The van der Waals surface area contributed by atoms with Crippen molar-refractivity contribution in [1.82, 2.24) is 0 Å². The van der Waals surface area contributed by atoms with Gasteiger partial charge in [-0.2, -0.15) is 4.52 Å². The molecule has 27 heavy (non-hydrogen) atoms. The largest absolute Gasteiger partial charge is 0.151 e. The Bertz CT molecular complexity index is 328. The van der Waals surface area contributed by atoms with E-state index in [0.29, 0.717) is 0 Å². The van der Waals surface area contributed by atoms with Gasteiger partial charge in [0.2, 0.25) is 0 Å². The summed E-state index contributed by atoms with van der Waals surface area (Å²) in [7, 11) is -2.23. The first-order chi connectivity index (χ1) is 13.1. The molecule has 0 aliphatic carbocycles.